The molecule has 55 heavy (non-hydrogen) atoms. The van der Waals surface area contributed by atoms with E-state index in [4.69, 9.17) is 0 Å². The molecule has 1 aromatic heterocycles. The highest BCUT2D eigenvalue weighted by atomic mass is 16.3. The average molecular weight is 750 g/mol. The van der Waals surface area contributed by atoms with E-state index >= 15 is 4.79 Å². The van der Waals surface area contributed by atoms with E-state index in [1.165, 1.54) is 6.20 Å². The minimum atomic E-state index is -1.41. The van der Waals surface area contributed by atoms with Gasteiger partial charge in [0.1, 0.15) is 17.6 Å². The van der Waals surface area contributed by atoms with Gasteiger partial charge in [-0.3, -0.25) is 19.2 Å². The minimum absolute atomic E-state index is 0.0451. The van der Waals surface area contributed by atoms with Crippen molar-refractivity contribution in [3.05, 3.63) is 95.4 Å². The Morgan fingerprint density at radius 3 is 2.51 bits per heavy atom. The zero-order valence-corrected chi connectivity index (χ0v) is 32.6. The van der Waals surface area contributed by atoms with Gasteiger partial charge < -0.3 is 36.5 Å². The molecule has 11 nitrogen and oxygen atoms in total. The van der Waals surface area contributed by atoms with Crippen LogP contribution in [0, 0.1) is 29.1 Å². The van der Waals surface area contributed by atoms with E-state index in [9.17, 15) is 24.6 Å². The summed E-state index contributed by atoms with van der Waals surface area (Å²) in [6, 6.07) is 12.3. The second-order valence-electron chi connectivity index (χ2n) is 16.2. The van der Waals surface area contributed by atoms with Gasteiger partial charge in [-0.05, 0) is 76.1 Å². The monoisotopic (exact) mass is 749 g/mol. The summed E-state index contributed by atoms with van der Waals surface area (Å²) in [4.78, 5) is 59.3. The van der Waals surface area contributed by atoms with E-state index in [2.05, 4.69) is 60.0 Å². The molecule has 3 aliphatic rings. The van der Waals surface area contributed by atoms with Gasteiger partial charge >= 0.3 is 0 Å². The van der Waals surface area contributed by atoms with E-state index in [1.807, 2.05) is 43.5 Å². The summed E-state index contributed by atoms with van der Waals surface area (Å²) in [5.74, 6) is -2.13. The van der Waals surface area contributed by atoms with Gasteiger partial charge in [-0.1, -0.05) is 74.4 Å². The summed E-state index contributed by atoms with van der Waals surface area (Å²) in [5, 5.41) is 35.9. The standard InChI is InChI=1S/C44H55N5O6/c1-24(2)19-35-39-27(5)26(4)21-30-20-25(3)15-16-37(50)40(52)36(22-38(51)44(30,39)43(55)49-35)48-34-14-10-8-12-32(34)42(54)47-28(6)41(53)45-18-17-29-23-46-33-13-9-7-11-31(29)33/h7-14,17-18,20-21,23-24,27-28,30,35-37,39-40,46,48,50,52H,15-16,19,22H2,1-6H3,(H,45,53)(H,47,54)(H,49,55)/b18-17+,25-20-/t27-,28-,30+,35+,36+,37-,39+,40+,44-/m1/s1. The van der Waals surface area contributed by atoms with Crippen LogP contribution in [0.2, 0.25) is 0 Å². The van der Waals surface area contributed by atoms with E-state index in [0.29, 0.717) is 12.1 Å². The second-order valence-corrected chi connectivity index (χ2v) is 16.2. The number of hydrogen-bond acceptors (Lipinski definition) is 7. The Balaban J connectivity index is 1.24. The number of hydrogen-bond donors (Lipinski definition) is 7. The molecular formula is C44H55N5O6. The first kappa shape index (κ1) is 39.7. The number of H-pyrrole nitrogens is 1. The smallest absolute Gasteiger partial charge is 0.254 e. The zero-order valence-electron chi connectivity index (χ0n) is 32.6. The number of para-hydroxylation sites is 2. The number of carbonyl (C=O) groups excluding carboxylic acids is 4. The predicted molar refractivity (Wildman–Crippen MR) is 215 cm³/mol. The van der Waals surface area contributed by atoms with Crippen molar-refractivity contribution in [2.45, 2.75) is 97.6 Å². The molecule has 7 N–H and O–H groups in total. The number of aliphatic hydroxyl groups is 2. The Bertz CT molecular complexity index is 2030. The average Bonchev–Trinajstić information content (AvgIpc) is 3.69. The molecular weight excluding hydrogens is 695 g/mol. The number of anilines is 1. The molecule has 1 fully saturated rings. The van der Waals surface area contributed by atoms with Crippen molar-refractivity contribution in [3.63, 3.8) is 0 Å². The Morgan fingerprint density at radius 1 is 1.02 bits per heavy atom. The van der Waals surface area contributed by atoms with E-state index < -0.39 is 47.4 Å². The van der Waals surface area contributed by atoms with Crippen molar-refractivity contribution in [2.24, 2.45) is 29.1 Å². The Labute approximate surface area is 323 Å². The van der Waals surface area contributed by atoms with Crippen molar-refractivity contribution in [1.29, 1.82) is 0 Å². The molecule has 0 bridgehead atoms. The van der Waals surface area contributed by atoms with Crippen molar-refractivity contribution in [2.75, 3.05) is 5.32 Å². The molecule has 2 aromatic carbocycles. The maximum absolute atomic E-state index is 15.0. The van der Waals surface area contributed by atoms with Crippen molar-refractivity contribution >= 4 is 46.2 Å². The van der Waals surface area contributed by atoms with Gasteiger partial charge in [0, 0.05) is 58.8 Å². The van der Waals surface area contributed by atoms with E-state index in [-0.39, 0.29) is 53.9 Å². The number of aromatic amines is 1. The fourth-order valence-electron chi connectivity index (χ4n) is 8.95. The number of aliphatic hydroxyl groups excluding tert-OH is 2. The first-order valence-electron chi connectivity index (χ1n) is 19.5. The number of rotatable bonds is 9. The van der Waals surface area contributed by atoms with Crippen LogP contribution < -0.4 is 21.3 Å². The first-order chi connectivity index (χ1) is 26.2. The van der Waals surface area contributed by atoms with Crippen LogP contribution >= 0.6 is 0 Å². The summed E-state index contributed by atoms with van der Waals surface area (Å²) in [7, 11) is 0. The van der Waals surface area contributed by atoms with Gasteiger partial charge in [-0.25, -0.2) is 0 Å². The highest BCUT2D eigenvalue weighted by molar-refractivity contribution is 6.10. The number of amides is 3. The maximum atomic E-state index is 15.0. The van der Waals surface area contributed by atoms with Gasteiger partial charge in [-0.15, -0.1) is 0 Å². The Kier molecular flexibility index (Phi) is 11.8. The Hall–Kier alpha value is -5.00. The van der Waals surface area contributed by atoms with Crippen LogP contribution in [0.1, 0.15) is 83.1 Å². The number of fused-ring (bicyclic) bond motifs is 1. The topological polar surface area (TPSA) is 173 Å². The van der Waals surface area contributed by atoms with Crippen LogP contribution in [-0.2, 0) is 14.4 Å². The Morgan fingerprint density at radius 2 is 1.75 bits per heavy atom. The van der Waals surface area contributed by atoms with Crippen molar-refractivity contribution in [3.8, 4) is 0 Å². The van der Waals surface area contributed by atoms with Crippen molar-refractivity contribution in [1.82, 2.24) is 20.9 Å². The SMILES string of the molecule is CC1=C[C@@H]2/C=C(/C)CC[C@@H](O)[C@@H](O)[C@@H](Nc3ccccc3C(=O)N[C@H](C)C(=O)N/C=C/c3c[nH]c4ccccc34)CC(=O)[C@]23C(=O)N[C@@H](CC(C)C)[C@@H]3[C@@H]1C. The first-order valence-corrected chi connectivity index (χ1v) is 19.5. The van der Waals surface area contributed by atoms with E-state index in [1.54, 1.807) is 37.3 Å². The normalized spacial score (nSPS) is 30.0. The molecule has 3 aromatic rings. The second kappa shape index (κ2) is 16.4. The molecule has 2 aliphatic carbocycles. The third kappa shape index (κ3) is 7.91. The van der Waals surface area contributed by atoms with Gasteiger partial charge in [0.15, 0.2) is 5.78 Å². The lowest BCUT2D eigenvalue weighted by Gasteiger charge is -2.45. The lowest BCUT2D eigenvalue weighted by molar-refractivity contribution is -0.146. The number of benzene rings is 2. The molecule has 3 amide bonds. The van der Waals surface area contributed by atoms with Gasteiger partial charge in [-0.2, -0.15) is 0 Å². The minimum Gasteiger partial charge on any atom is -0.390 e. The number of Topliss-reactive ketones (excluding diaryl/α,β-unsaturated/α-hetero) is 1. The summed E-state index contributed by atoms with van der Waals surface area (Å²) in [5.41, 5.74) is 3.03. The molecule has 11 heteroatoms. The molecule has 6 rings (SSSR count). The van der Waals surface area contributed by atoms with Crippen LogP contribution in [0.25, 0.3) is 17.0 Å². The molecule has 0 saturated carbocycles. The number of nitrogens with one attached hydrogen (secondary N) is 5. The summed E-state index contributed by atoms with van der Waals surface area (Å²) < 4.78 is 0. The molecule has 1 saturated heterocycles. The highest BCUT2D eigenvalue weighted by Gasteiger charge is 2.65. The van der Waals surface area contributed by atoms with Crippen molar-refractivity contribution < 1.29 is 29.4 Å². The van der Waals surface area contributed by atoms with Crippen LogP contribution in [0.5, 0.6) is 0 Å². The quantitative estimate of drug-likeness (QED) is 0.110. The number of allylic oxidation sites excluding steroid dienone is 4. The molecule has 292 valence electrons. The van der Waals surface area contributed by atoms with Crippen LogP contribution in [-0.4, -0.2) is 69.0 Å². The molecule has 9 atom stereocenters. The third-order valence-electron chi connectivity index (χ3n) is 11.9. The fraction of sp³-hybridized carbons (Fsp3) is 0.455. The zero-order chi connectivity index (χ0) is 39.6. The lowest BCUT2D eigenvalue weighted by atomic mass is 9.54. The fourth-order valence-corrected chi connectivity index (χ4v) is 8.95. The number of carbonyl (C=O) groups is 4. The third-order valence-corrected chi connectivity index (χ3v) is 11.9. The molecule has 0 unspecified atom stereocenters. The van der Waals surface area contributed by atoms with Gasteiger partial charge in [0.2, 0.25) is 11.8 Å². The number of aromatic nitrogens is 1. The van der Waals surface area contributed by atoms with Crippen LogP contribution in [0.4, 0.5) is 5.69 Å². The summed E-state index contributed by atoms with van der Waals surface area (Å²) in [6.07, 6.45) is 7.80. The van der Waals surface area contributed by atoms with Gasteiger partial charge in [0.05, 0.1) is 17.7 Å². The molecule has 1 spiro atoms. The maximum Gasteiger partial charge on any atom is 0.254 e. The highest BCUT2D eigenvalue weighted by Crippen LogP contribution is 2.55. The largest absolute Gasteiger partial charge is 0.390 e. The molecule has 2 heterocycles. The van der Waals surface area contributed by atoms with E-state index in [0.717, 1.165) is 34.0 Å². The summed E-state index contributed by atoms with van der Waals surface area (Å²) >= 11 is 0. The van der Waals surface area contributed by atoms with Crippen LogP contribution in [0.3, 0.4) is 0 Å². The molecule has 1 aliphatic heterocycles. The molecule has 0 radical (unpaired) electrons. The number of ketones is 1. The summed E-state index contributed by atoms with van der Waals surface area (Å²) in [6.45, 7) is 11.9. The van der Waals surface area contributed by atoms with Gasteiger partial charge in [0.25, 0.3) is 5.91 Å². The predicted octanol–water partition coefficient (Wildman–Crippen LogP) is 5.63. The lowest BCUT2D eigenvalue weighted by Crippen LogP contribution is -2.54. The van der Waals surface area contributed by atoms with Crippen LogP contribution in [0.15, 0.2) is 84.2 Å².